The summed E-state index contributed by atoms with van der Waals surface area (Å²) in [4.78, 5) is 10.9. The predicted octanol–water partition coefficient (Wildman–Crippen LogP) is 5.70. The molecular weight excluding hydrogens is 328 g/mol. The lowest BCUT2D eigenvalue weighted by Gasteiger charge is -2.16. The van der Waals surface area contributed by atoms with E-state index in [1.807, 2.05) is 26.0 Å². The van der Waals surface area contributed by atoms with Gasteiger partial charge < -0.3 is 19.7 Å². The number of phenols is 2. The van der Waals surface area contributed by atoms with Gasteiger partial charge in [-0.05, 0) is 39.5 Å². The summed E-state index contributed by atoms with van der Waals surface area (Å²) < 4.78 is 5.28. The molecule has 0 saturated carbocycles. The number of methoxy groups -OCH3 is 1. The number of carbonyl (C=O) groups excluding carboxylic acids is 1. The third kappa shape index (κ3) is 6.40. The second-order valence-corrected chi connectivity index (χ2v) is 6.87. The van der Waals surface area contributed by atoms with Gasteiger partial charge in [0.1, 0.15) is 11.5 Å². The van der Waals surface area contributed by atoms with Crippen molar-refractivity contribution in [1.29, 1.82) is 0 Å². The lowest BCUT2D eigenvalue weighted by atomic mass is 9.98. The summed E-state index contributed by atoms with van der Waals surface area (Å²) in [7, 11) is 1.51. The Balaban J connectivity index is 2.49. The molecule has 0 bridgehead atoms. The molecule has 0 aromatic heterocycles. The number of hydrogen-bond acceptors (Lipinski definition) is 4. The molecule has 1 aromatic rings. The minimum atomic E-state index is 0.0985. The molecule has 146 valence electrons. The molecule has 0 saturated heterocycles. The molecule has 0 heterocycles. The molecule has 4 nitrogen and oxygen atoms in total. The van der Waals surface area contributed by atoms with Gasteiger partial charge in [-0.15, -0.1) is 0 Å². The summed E-state index contributed by atoms with van der Waals surface area (Å²) in [6.45, 7) is 5.39. The molecule has 26 heavy (non-hydrogen) atoms. The maximum Gasteiger partial charge on any atom is 0.167 e. The van der Waals surface area contributed by atoms with Crippen LogP contribution in [0.5, 0.6) is 17.2 Å². The smallest absolute Gasteiger partial charge is 0.167 e. The molecule has 0 fully saturated rings. The van der Waals surface area contributed by atoms with Gasteiger partial charge in [0.05, 0.1) is 7.11 Å². The molecule has 0 aliphatic rings. The minimum absolute atomic E-state index is 0.0985. The first-order valence-electron chi connectivity index (χ1n) is 9.71. The highest BCUT2D eigenvalue weighted by molar-refractivity contribution is 5.75. The van der Waals surface area contributed by atoms with Gasteiger partial charge in [-0.2, -0.15) is 0 Å². The van der Waals surface area contributed by atoms with E-state index in [2.05, 4.69) is 0 Å². The highest BCUT2D eigenvalue weighted by Gasteiger charge is 2.19. The van der Waals surface area contributed by atoms with Crippen molar-refractivity contribution in [2.45, 2.75) is 78.6 Å². The van der Waals surface area contributed by atoms with Gasteiger partial charge in [-0.1, -0.05) is 44.8 Å². The zero-order valence-electron chi connectivity index (χ0n) is 16.7. The fourth-order valence-corrected chi connectivity index (χ4v) is 3.20. The Kier molecular flexibility index (Phi) is 9.85. The first-order chi connectivity index (χ1) is 12.4. The molecule has 0 aliphatic heterocycles. The summed E-state index contributed by atoms with van der Waals surface area (Å²) in [6.07, 6.45) is 12.9. The van der Waals surface area contributed by atoms with Crippen molar-refractivity contribution in [3.63, 3.8) is 0 Å². The van der Waals surface area contributed by atoms with Gasteiger partial charge in [-0.3, -0.25) is 0 Å². The summed E-state index contributed by atoms with van der Waals surface area (Å²) in [5.41, 5.74) is 1.95. The van der Waals surface area contributed by atoms with E-state index >= 15 is 0 Å². The largest absolute Gasteiger partial charge is 0.507 e. The molecular formula is C22H34O4. The van der Waals surface area contributed by atoms with Crippen molar-refractivity contribution in [3.8, 4) is 17.2 Å². The Morgan fingerprint density at radius 1 is 1.04 bits per heavy atom. The molecule has 0 amide bonds. The van der Waals surface area contributed by atoms with Crippen LogP contribution in [-0.2, 0) is 11.2 Å². The van der Waals surface area contributed by atoms with E-state index in [0.29, 0.717) is 35.3 Å². The number of hydrogen-bond donors (Lipinski definition) is 2. The van der Waals surface area contributed by atoms with Crippen LogP contribution in [0.4, 0.5) is 0 Å². The maximum absolute atomic E-state index is 10.9. The first-order valence-corrected chi connectivity index (χ1v) is 9.71. The van der Waals surface area contributed by atoms with E-state index in [4.69, 9.17) is 4.74 Å². The van der Waals surface area contributed by atoms with E-state index in [-0.39, 0.29) is 17.3 Å². The zero-order valence-corrected chi connectivity index (χ0v) is 16.7. The SMILES string of the molecule is CCc1c(O)c(C)c(/C=C/CCCCCCCCC(C)=O)c(O)c1OC. The van der Waals surface area contributed by atoms with Crippen molar-refractivity contribution in [1.82, 2.24) is 0 Å². The van der Waals surface area contributed by atoms with Crippen LogP contribution in [0.15, 0.2) is 6.08 Å². The fraction of sp³-hybridized carbons (Fsp3) is 0.591. The molecule has 1 rings (SSSR count). The lowest BCUT2D eigenvalue weighted by Crippen LogP contribution is -1.97. The van der Waals surface area contributed by atoms with Crippen molar-refractivity contribution < 1.29 is 19.7 Å². The summed E-state index contributed by atoms with van der Waals surface area (Å²) in [5, 5.41) is 20.8. The second kappa shape index (κ2) is 11.6. The van der Waals surface area contributed by atoms with Crippen LogP contribution >= 0.6 is 0 Å². The highest BCUT2D eigenvalue weighted by atomic mass is 16.5. The van der Waals surface area contributed by atoms with E-state index in [9.17, 15) is 15.0 Å². The average Bonchev–Trinajstić information content (AvgIpc) is 2.61. The second-order valence-electron chi connectivity index (χ2n) is 6.87. The van der Waals surface area contributed by atoms with Gasteiger partial charge in [0.15, 0.2) is 11.5 Å². The van der Waals surface area contributed by atoms with E-state index < -0.39 is 0 Å². The van der Waals surface area contributed by atoms with E-state index in [1.165, 1.54) is 26.4 Å². The molecule has 0 radical (unpaired) electrons. The zero-order chi connectivity index (χ0) is 19.5. The number of ketones is 1. The van der Waals surface area contributed by atoms with Gasteiger partial charge in [0, 0.05) is 23.1 Å². The van der Waals surface area contributed by atoms with E-state index in [0.717, 1.165) is 25.7 Å². The van der Waals surface area contributed by atoms with Crippen LogP contribution < -0.4 is 4.74 Å². The standard InChI is InChI=1S/C22H34O4/c1-5-18-20(24)17(3)19(21(25)22(18)26-4)15-13-11-9-7-6-8-10-12-14-16(2)23/h13,15,24-25H,5-12,14H2,1-4H3/b15-13+. The van der Waals surface area contributed by atoms with E-state index in [1.54, 1.807) is 6.92 Å². The third-order valence-electron chi connectivity index (χ3n) is 4.78. The topological polar surface area (TPSA) is 66.8 Å². The molecule has 0 aliphatic carbocycles. The Bertz CT molecular complexity index is 617. The van der Waals surface area contributed by atoms with Gasteiger partial charge in [0.2, 0.25) is 0 Å². The normalized spacial score (nSPS) is 11.2. The van der Waals surface area contributed by atoms with Crippen LogP contribution in [0, 0.1) is 6.92 Å². The third-order valence-corrected chi connectivity index (χ3v) is 4.78. The Hall–Kier alpha value is -1.97. The van der Waals surface area contributed by atoms with Crippen molar-refractivity contribution in [2.75, 3.05) is 7.11 Å². The first kappa shape index (κ1) is 22.1. The Morgan fingerprint density at radius 2 is 1.65 bits per heavy atom. The van der Waals surface area contributed by atoms with Crippen LogP contribution in [0.2, 0.25) is 0 Å². The summed E-state index contributed by atoms with van der Waals surface area (Å²) in [6, 6.07) is 0. The number of rotatable bonds is 12. The van der Waals surface area contributed by atoms with Crippen LogP contribution in [0.1, 0.15) is 81.9 Å². The number of benzene rings is 1. The number of carbonyl (C=O) groups is 1. The fourth-order valence-electron chi connectivity index (χ4n) is 3.20. The lowest BCUT2D eigenvalue weighted by molar-refractivity contribution is -0.117. The van der Waals surface area contributed by atoms with Gasteiger partial charge >= 0.3 is 0 Å². The molecule has 0 unspecified atom stereocenters. The number of ether oxygens (including phenoxy) is 1. The van der Waals surface area contributed by atoms with Crippen LogP contribution in [-0.4, -0.2) is 23.1 Å². The quantitative estimate of drug-likeness (QED) is 0.370. The van der Waals surface area contributed by atoms with Crippen molar-refractivity contribution in [3.05, 3.63) is 22.8 Å². The van der Waals surface area contributed by atoms with Crippen molar-refractivity contribution >= 4 is 11.9 Å². The number of phenolic OH excluding ortho intramolecular Hbond substituents is 2. The summed E-state index contributed by atoms with van der Waals surface area (Å²) in [5.74, 6) is 0.942. The Labute approximate surface area is 157 Å². The molecule has 1 aromatic carbocycles. The predicted molar refractivity (Wildman–Crippen MR) is 107 cm³/mol. The number of unbranched alkanes of at least 4 members (excludes halogenated alkanes) is 6. The molecule has 0 atom stereocenters. The number of Topliss-reactive ketones (excluding diaryl/α,β-unsaturated/α-hetero) is 1. The maximum atomic E-state index is 10.9. The molecule has 4 heteroatoms. The van der Waals surface area contributed by atoms with Crippen LogP contribution in [0.25, 0.3) is 6.08 Å². The summed E-state index contributed by atoms with van der Waals surface area (Å²) >= 11 is 0. The monoisotopic (exact) mass is 362 g/mol. The Morgan fingerprint density at radius 3 is 2.23 bits per heavy atom. The highest BCUT2D eigenvalue weighted by Crippen LogP contribution is 2.43. The van der Waals surface area contributed by atoms with Gasteiger partial charge in [-0.25, -0.2) is 0 Å². The average molecular weight is 363 g/mol. The number of aromatic hydroxyl groups is 2. The number of allylic oxidation sites excluding steroid dienone is 1. The molecule has 0 spiro atoms. The molecule has 2 N–H and O–H groups in total. The minimum Gasteiger partial charge on any atom is -0.507 e. The van der Waals surface area contributed by atoms with Crippen molar-refractivity contribution in [2.24, 2.45) is 0 Å². The van der Waals surface area contributed by atoms with Gasteiger partial charge in [0.25, 0.3) is 0 Å². The van der Waals surface area contributed by atoms with Crippen LogP contribution in [0.3, 0.4) is 0 Å².